The fraction of sp³-hybridized carbons (Fsp3) is 0.390. The Kier molecular flexibility index (Phi) is 9.97. The van der Waals surface area contributed by atoms with Gasteiger partial charge in [-0.3, -0.25) is 14.3 Å². The minimum atomic E-state index is -0.623. The van der Waals surface area contributed by atoms with Gasteiger partial charge in [0, 0.05) is 25.7 Å². The maximum absolute atomic E-state index is 14.6. The Labute approximate surface area is 291 Å². The molecule has 0 atom stereocenters. The molecular weight excluding hydrogens is 631 g/mol. The number of morpholine rings is 1. The van der Waals surface area contributed by atoms with E-state index < -0.39 is 17.1 Å². The van der Waals surface area contributed by atoms with Crippen LogP contribution in [0.5, 0.6) is 5.75 Å². The standard InChI is InChI=1S/C41H45FN4O4/c1-27(2)30-12-8-28(9-13-30)6-7-29-10-14-34(15-11-29)46-40(48)38-24-33(42)25-43-39(38)45(41(46)49)35-5-3-4-31(22-35)37-17-16-36(47)23-32(37)26-44-18-20-50-21-19-44/h3-5,8-9,12-13,16-17,22-25,27,29,34,47H,6-7,10-11,14-15,18-21,26H2,1-2H3. The number of phenols is 1. The van der Waals surface area contributed by atoms with Gasteiger partial charge in [-0.2, -0.15) is 0 Å². The summed E-state index contributed by atoms with van der Waals surface area (Å²) >= 11 is 0. The Hall–Kier alpha value is -4.60. The normalized spacial score (nSPS) is 18.6. The van der Waals surface area contributed by atoms with Gasteiger partial charge in [0.2, 0.25) is 0 Å². The molecule has 1 saturated heterocycles. The SMILES string of the molecule is CC(C)c1ccc(CCC2CCC(n3c(=O)c4cc(F)cnc4n(-c4cccc(-c5ccc(O)cc5CN5CCOCC5)c4)c3=O)CC2)cc1. The number of pyridine rings is 1. The first-order valence-electron chi connectivity index (χ1n) is 17.9. The summed E-state index contributed by atoms with van der Waals surface area (Å²) < 4.78 is 22.9. The molecule has 0 amide bonds. The molecule has 0 unspecified atom stereocenters. The molecule has 1 N–H and O–H groups in total. The van der Waals surface area contributed by atoms with E-state index in [9.17, 15) is 19.1 Å². The summed E-state index contributed by atoms with van der Waals surface area (Å²) in [6.07, 6.45) is 6.38. The summed E-state index contributed by atoms with van der Waals surface area (Å²) in [5.74, 6) is 0.587. The highest BCUT2D eigenvalue weighted by Crippen LogP contribution is 2.34. The molecule has 2 aromatic heterocycles. The quantitative estimate of drug-likeness (QED) is 0.175. The Morgan fingerprint density at radius 1 is 0.940 bits per heavy atom. The number of hydrogen-bond donors (Lipinski definition) is 1. The minimum absolute atomic E-state index is 0.0830. The predicted octanol–water partition coefficient (Wildman–Crippen LogP) is 7.38. The van der Waals surface area contributed by atoms with Crippen LogP contribution in [-0.2, 0) is 17.7 Å². The number of aryl methyl sites for hydroxylation is 1. The van der Waals surface area contributed by atoms with Crippen molar-refractivity contribution in [3.8, 4) is 22.6 Å². The lowest BCUT2D eigenvalue weighted by Crippen LogP contribution is -2.43. The number of aromatic hydroxyl groups is 1. The van der Waals surface area contributed by atoms with Crippen LogP contribution in [0.4, 0.5) is 4.39 Å². The number of fused-ring (bicyclic) bond motifs is 1. The van der Waals surface area contributed by atoms with Crippen LogP contribution in [0, 0.1) is 11.7 Å². The first-order valence-corrected chi connectivity index (χ1v) is 17.9. The highest BCUT2D eigenvalue weighted by molar-refractivity contribution is 5.77. The molecule has 5 aromatic rings. The molecule has 3 heterocycles. The van der Waals surface area contributed by atoms with Gasteiger partial charge in [0.15, 0.2) is 5.65 Å². The third kappa shape index (κ3) is 7.16. The number of hydrogen-bond acceptors (Lipinski definition) is 6. The van der Waals surface area contributed by atoms with Gasteiger partial charge in [0.05, 0.1) is 30.5 Å². The molecule has 50 heavy (non-hydrogen) atoms. The molecule has 260 valence electrons. The van der Waals surface area contributed by atoms with E-state index in [2.05, 4.69) is 48.0 Å². The molecule has 2 fully saturated rings. The van der Waals surface area contributed by atoms with E-state index in [4.69, 9.17) is 4.74 Å². The highest BCUT2D eigenvalue weighted by atomic mass is 19.1. The topological polar surface area (TPSA) is 89.6 Å². The van der Waals surface area contributed by atoms with Crippen molar-refractivity contribution in [3.63, 3.8) is 0 Å². The molecular formula is C41H45FN4O4. The number of phenolic OH excluding ortho intramolecular Hbond substituents is 1. The molecule has 1 aliphatic carbocycles. The van der Waals surface area contributed by atoms with E-state index in [0.717, 1.165) is 61.7 Å². The van der Waals surface area contributed by atoms with Crippen LogP contribution in [0.3, 0.4) is 0 Å². The fourth-order valence-corrected chi connectivity index (χ4v) is 7.67. The van der Waals surface area contributed by atoms with Crippen molar-refractivity contribution in [2.24, 2.45) is 5.92 Å². The van der Waals surface area contributed by atoms with Gasteiger partial charge < -0.3 is 9.84 Å². The van der Waals surface area contributed by atoms with Crippen LogP contribution in [0.2, 0.25) is 0 Å². The van der Waals surface area contributed by atoms with Crippen LogP contribution in [-0.4, -0.2) is 50.4 Å². The van der Waals surface area contributed by atoms with E-state index >= 15 is 0 Å². The molecule has 0 radical (unpaired) electrons. The lowest BCUT2D eigenvalue weighted by molar-refractivity contribution is 0.0342. The lowest BCUT2D eigenvalue weighted by Gasteiger charge is -2.30. The molecule has 9 heteroatoms. The summed E-state index contributed by atoms with van der Waals surface area (Å²) in [4.78, 5) is 34.9. The summed E-state index contributed by atoms with van der Waals surface area (Å²) in [6.45, 7) is 7.97. The van der Waals surface area contributed by atoms with Crippen molar-refractivity contribution in [1.82, 2.24) is 19.0 Å². The average molecular weight is 677 g/mol. The first-order chi connectivity index (χ1) is 24.2. The van der Waals surface area contributed by atoms with E-state index in [1.54, 1.807) is 12.1 Å². The van der Waals surface area contributed by atoms with Crippen molar-refractivity contribution in [2.45, 2.75) is 70.9 Å². The average Bonchev–Trinajstić information content (AvgIpc) is 3.12. The Morgan fingerprint density at radius 3 is 2.44 bits per heavy atom. The second-order valence-corrected chi connectivity index (χ2v) is 14.2. The number of halogens is 1. The van der Waals surface area contributed by atoms with E-state index in [1.807, 2.05) is 30.3 Å². The second-order valence-electron chi connectivity index (χ2n) is 14.2. The van der Waals surface area contributed by atoms with Crippen LogP contribution >= 0.6 is 0 Å². The first kappa shape index (κ1) is 33.9. The lowest BCUT2D eigenvalue weighted by atomic mass is 9.82. The largest absolute Gasteiger partial charge is 0.508 e. The van der Waals surface area contributed by atoms with E-state index in [-0.39, 0.29) is 22.8 Å². The van der Waals surface area contributed by atoms with Gasteiger partial charge in [-0.05, 0) is 109 Å². The van der Waals surface area contributed by atoms with Crippen LogP contribution in [0.25, 0.3) is 27.8 Å². The van der Waals surface area contributed by atoms with Gasteiger partial charge in [-0.25, -0.2) is 18.7 Å². The van der Waals surface area contributed by atoms with Crippen LogP contribution in [0.1, 0.15) is 74.6 Å². The van der Waals surface area contributed by atoms with Gasteiger partial charge in [0.25, 0.3) is 5.56 Å². The Balaban J connectivity index is 1.19. The zero-order valence-corrected chi connectivity index (χ0v) is 28.9. The number of rotatable bonds is 9. The summed E-state index contributed by atoms with van der Waals surface area (Å²) in [5, 5.41) is 10.5. The maximum Gasteiger partial charge on any atom is 0.337 e. The zero-order valence-electron chi connectivity index (χ0n) is 28.9. The minimum Gasteiger partial charge on any atom is -0.508 e. The number of nitrogens with zero attached hydrogens (tertiary/aromatic N) is 4. The second kappa shape index (κ2) is 14.7. The number of benzene rings is 3. The Morgan fingerprint density at radius 2 is 1.70 bits per heavy atom. The van der Waals surface area contributed by atoms with E-state index in [1.165, 1.54) is 26.3 Å². The van der Waals surface area contributed by atoms with Crippen molar-refractivity contribution in [3.05, 3.63) is 122 Å². The molecule has 0 spiro atoms. The predicted molar refractivity (Wildman–Crippen MR) is 195 cm³/mol. The molecule has 2 aliphatic rings. The van der Waals surface area contributed by atoms with Crippen molar-refractivity contribution >= 4 is 11.0 Å². The third-order valence-electron chi connectivity index (χ3n) is 10.6. The van der Waals surface area contributed by atoms with Gasteiger partial charge in [0.1, 0.15) is 11.6 Å². The summed E-state index contributed by atoms with van der Waals surface area (Å²) in [6, 6.07) is 22.7. The Bertz CT molecular complexity index is 2090. The maximum atomic E-state index is 14.6. The fourth-order valence-electron chi connectivity index (χ4n) is 7.67. The molecule has 1 aliphatic heterocycles. The van der Waals surface area contributed by atoms with Gasteiger partial charge in [-0.15, -0.1) is 0 Å². The molecule has 3 aromatic carbocycles. The van der Waals surface area contributed by atoms with Gasteiger partial charge >= 0.3 is 5.69 Å². The molecule has 8 nitrogen and oxygen atoms in total. The van der Waals surface area contributed by atoms with Crippen LogP contribution < -0.4 is 11.2 Å². The monoisotopic (exact) mass is 676 g/mol. The highest BCUT2D eigenvalue weighted by Gasteiger charge is 2.27. The smallest absolute Gasteiger partial charge is 0.337 e. The summed E-state index contributed by atoms with van der Waals surface area (Å²) in [5.41, 5.74) is 5.12. The third-order valence-corrected chi connectivity index (χ3v) is 10.6. The zero-order chi connectivity index (χ0) is 34.8. The molecule has 1 saturated carbocycles. The van der Waals surface area contributed by atoms with Crippen LogP contribution in [0.15, 0.2) is 88.6 Å². The number of ether oxygens (including phenoxy) is 1. The van der Waals surface area contributed by atoms with Gasteiger partial charge in [-0.1, -0.05) is 56.3 Å². The summed E-state index contributed by atoms with van der Waals surface area (Å²) in [7, 11) is 0. The number of aromatic nitrogens is 3. The van der Waals surface area contributed by atoms with Crippen molar-refractivity contribution in [2.75, 3.05) is 26.3 Å². The molecule has 0 bridgehead atoms. The van der Waals surface area contributed by atoms with Crippen molar-refractivity contribution < 1.29 is 14.2 Å². The molecule has 7 rings (SSSR count). The van der Waals surface area contributed by atoms with Crippen molar-refractivity contribution in [1.29, 1.82) is 0 Å². The van der Waals surface area contributed by atoms with E-state index in [0.29, 0.717) is 50.1 Å².